The Hall–Kier alpha value is -0.730. The molecule has 2 N–H and O–H groups in total. The number of anilines is 1. The minimum atomic E-state index is -3.12. The molecule has 0 saturated heterocycles. The van der Waals surface area contributed by atoms with E-state index in [9.17, 15) is 8.42 Å². The Morgan fingerprint density at radius 2 is 1.94 bits per heavy atom. The molecule has 1 heterocycles. The largest absolute Gasteiger partial charge is 0.359 e. The average Bonchev–Trinajstić information content (AvgIpc) is 2.58. The molecule has 0 saturated carbocycles. The van der Waals surface area contributed by atoms with Crippen molar-refractivity contribution in [2.24, 2.45) is 0 Å². The maximum atomic E-state index is 10.8. The fourth-order valence-corrected chi connectivity index (χ4v) is 2.26. The first-order chi connectivity index (χ1) is 7.68. The lowest BCUT2D eigenvalue weighted by Gasteiger charge is -2.12. The Morgan fingerprint density at radius 3 is 2.41 bits per heavy atom. The van der Waals surface area contributed by atoms with E-state index in [0.717, 1.165) is 12.1 Å². The molecule has 1 rings (SSSR count). The van der Waals surface area contributed by atoms with Crippen LogP contribution in [0.3, 0.4) is 0 Å². The molecule has 8 heteroatoms. The molecule has 0 unspecified atom stereocenters. The van der Waals surface area contributed by atoms with E-state index in [1.54, 1.807) is 0 Å². The molecular formula is C9H18N4O2S2. The molecule has 0 aliphatic rings. The molecule has 0 radical (unpaired) electrons. The number of nitrogens with one attached hydrogen (secondary N) is 2. The Bertz CT molecular complexity index is 462. The van der Waals surface area contributed by atoms with E-state index in [1.807, 2.05) is 20.8 Å². The normalized spacial score (nSPS) is 12.7. The van der Waals surface area contributed by atoms with Gasteiger partial charge >= 0.3 is 0 Å². The van der Waals surface area contributed by atoms with Gasteiger partial charge in [0, 0.05) is 30.0 Å². The summed E-state index contributed by atoms with van der Waals surface area (Å²) in [6, 6.07) is 0. The van der Waals surface area contributed by atoms with Crippen molar-refractivity contribution in [1.29, 1.82) is 0 Å². The Balaban J connectivity index is 2.41. The van der Waals surface area contributed by atoms with E-state index in [-0.39, 0.29) is 5.41 Å². The zero-order chi connectivity index (χ0) is 13.1. The second-order valence-electron chi connectivity index (χ2n) is 4.77. The number of nitrogens with zero attached hydrogens (tertiary/aromatic N) is 2. The van der Waals surface area contributed by atoms with Crippen LogP contribution in [0.25, 0.3) is 0 Å². The number of hydrogen-bond acceptors (Lipinski definition) is 6. The smallest absolute Gasteiger partial charge is 0.208 e. The summed E-state index contributed by atoms with van der Waals surface area (Å²) < 4.78 is 28.3. The van der Waals surface area contributed by atoms with Gasteiger partial charge in [0.2, 0.25) is 15.2 Å². The molecule has 0 aliphatic carbocycles. The summed E-state index contributed by atoms with van der Waals surface area (Å²) in [5.74, 6) is 0.793. The van der Waals surface area contributed by atoms with Gasteiger partial charge < -0.3 is 5.32 Å². The van der Waals surface area contributed by atoms with Crippen LogP contribution in [-0.2, 0) is 15.4 Å². The molecule has 98 valence electrons. The molecule has 0 bridgehead atoms. The highest BCUT2D eigenvalue weighted by Crippen LogP contribution is 2.22. The van der Waals surface area contributed by atoms with E-state index in [1.165, 1.54) is 11.5 Å². The van der Waals surface area contributed by atoms with Gasteiger partial charge in [0.05, 0.1) is 6.26 Å². The Morgan fingerprint density at radius 1 is 1.29 bits per heavy atom. The maximum Gasteiger partial charge on any atom is 0.208 e. The van der Waals surface area contributed by atoms with Crippen LogP contribution >= 0.6 is 11.5 Å². The van der Waals surface area contributed by atoms with Gasteiger partial charge in [-0.3, -0.25) is 0 Å². The van der Waals surface area contributed by atoms with E-state index >= 15 is 0 Å². The predicted octanol–water partition coefficient (Wildman–Crippen LogP) is 0.797. The first-order valence-corrected chi connectivity index (χ1v) is 7.88. The molecule has 0 aliphatic heterocycles. The molecule has 0 aromatic carbocycles. The van der Waals surface area contributed by atoms with Gasteiger partial charge in [0.15, 0.2) is 0 Å². The molecule has 6 nitrogen and oxygen atoms in total. The number of rotatable bonds is 5. The molecule has 1 aromatic heterocycles. The van der Waals surface area contributed by atoms with Gasteiger partial charge in [-0.15, -0.1) is 0 Å². The topological polar surface area (TPSA) is 84.0 Å². The summed E-state index contributed by atoms with van der Waals surface area (Å²) in [7, 11) is -3.12. The number of aromatic nitrogens is 2. The summed E-state index contributed by atoms with van der Waals surface area (Å²) in [5.41, 5.74) is -0.0680. The molecule has 0 amide bonds. The molecule has 17 heavy (non-hydrogen) atoms. The highest BCUT2D eigenvalue weighted by molar-refractivity contribution is 7.88. The van der Waals surface area contributed by atoms with Gasteiger partial charge in [-0.25, -0.2) is 18.1 Å². The zero-order valence-corrected chi connectivity index (χ0v) is 12.1. The van der Waals surface area contributed by atoms with Crippen LogP contribution in [0, 0.1) is 0 Å². The second-order valence-corrected chi connectivity index (χ2v) is 7.35. The quantitative estimate of drug-likeness (QED) is 0.778. The van der Waals surface area contributed by atoms with Crippen LogP contribution < -0.4 is 10.0 Å². The van der Waals surface area contributed by atoms with Gasteiger partial charge in [-0.1, -0.05) is 20.8 Å². The fourth-order valence-electron chi connectivity index (χ4n) is 1.01. The van der Waals surface area contributed by atoms with E-state index in [2.05, 4.69) is 19.4 Å². The van der Waals surface area contributed by atoms with Crippen LogP contribution in [0.15, 0.2) is 0 Å². The van der Waals surface area contributed by atoms with Crippen LogP contribution in [0.5, 0.6) is 0 Å². The van der Waals surface area contributed by atoms with Crippen molar-refractivity contribution in [3.63, 3.8) is 0 Å². The maximum absolute atomic E-state index is 10.8. The lowest BCUT2D eigenvalue weighted by Crippen LogP contribution is -2.27. The summed E-state index contributed by atoms with van der Waals surface area (Å²) in [4.78, 5) is 4.33. The lowest BCUT2D eigenvalue weighted by atomic mass is 9.96. The molecule has 0 fully saturated rings. The fraction of sp³-hybridized carbons (Fsp3) is 0.778. The Kier molecular flexibility index (Phi) is 4.45. The third kappa shape index (κ3) is 5.42. The van der Waals surface area contributed by atoms with Gasteiger partial charge in [-0.05, 0) is 0 Å². The number of sulfonamides is 1. The van der Waals surface area contributed by atoms with Crippen LogP contribution in [0.4, 0.5) is 5.13 Å². The first-order valence-electron chi connectivity index (χ1n) is 5.21. The number of hydrogen-bond donors (Lipinski definition) is 2. The molecule has 0 spiro atoms. The summed E-state index contributed by atoms with van der Waals surface area (Å²) in [6.45, 7) is 6.97. The highest BCUT2D eigenvalue weighted by atomic mass is 32.2. The minimum Gasteiger partial charge on any atom is -0.359 e. The van der Waals surface area contributed by atoms with Crippen molar-refractivity contribution in [3.8, 4) is 0 Å². The molecular weight excluding hydrogens is 260 g/mol. The van der Waals surface area contributed by atoms with Crippen LogP contribution in [-0.4, -0.2) is 37.1 Å². The first kappa shape index (κ1) is 14.3. The van der Waals surface area contributed by atoms with Crippen LogP contribution in [0.1, 0.15) is 26.6 Å². The second kappa shape index (κ2) is 5.28. The van der Waals surface area contributed by atoms with E-state index in [0.29, 0.717) is 18.2 Å². The highest BCUT2D eigenvalue weighted by Gasteiger charge is 2.19. The summed E-state index contributed by atoms with van der Waals surface area (Å²) >= 11 is 1.28. The van der Waals surface area contributed by atoms with E-state index < -0.39 is 10.0 Å². The minimum absolute atomic E-state index is 0.0680. The van der Waals surface area contributed by atoms with Gasteiger partial charge in [0.25, 0.3) is 0 Å². The van der Waals surface area contributed by atoms with Crippen molar-refractivity contribution in [3.05, 3.63) is 5.82 Å². The third-order valence-corrected chi connectivity index (χ3v) is 3.26. The SMILES string of the molecule is CC(C)(C)c1nsc(NCCNS(C)(=O)=O)n1. The monoisotopic (exact) mass is 278 g/mol. The standard InChI is InChI=1S/C9H18N4O2S2/c1-9(2,3)7-12-8(16-13-7)10-5-6-11-17(4,14)15/h11H,5-6H2,1-4H3,(H,10,12,13). The lowest BCUT2D eigenvalue weighted by molar-refractivity contribution is 0.555. The van der Waals surface area contributed by atoms with Crippen molar-refractivity contribution in [2.75, 3.05) is 24.7 Å². The summed E-state index contributed by atoms with van der Waals surface area (Å²) in [5, 5.41) is 3.74. The van der Waals surface area contributed by atoms with Crippen molar-refractivity contribution in [1.82, 2.24) is 14.1 Å². The molecule has 0 atom stereocenters. The predicted molar refractivity (Wildman–Crippen MR) is 69.9 cm³/mol. The van der Waals surface area contributed by atoms with Gasteiger partial charge in [-0.2, -0.15) is 4.37 Å². The summed E-state index contributed by atoms with van der Waals surface area (Å²) in [6.07, 6.45) is 1.13. The van der Waals surface area contributed by atoms with Crippen LogP contribution in [0.2, 0.25) is 0 Å². The third-order valence-electron chi connectivity index (χ3n) is 1.86. The Labute approximate surface area is 106 Å². The van der Waals surface area contributed by atoms with E-state index in [4.69, 9.17) is 0 Å². The van der Waals surface area contributed by atoms with Crippen molar-refractivity contribution >= 4 is 26.7 Å². The molecule has 1 aromatic rings. The van der Waals surface area contributed by atoms with Crippen molar-refractivity contribution < 1.29 is 8.42 Å². The van der Waals surface area contributed by atoms with Gasteiger partial charge in [0.1, 0.15) is 5.82 Å². The average molecular weight is 278 g/mol. The van der Waals surface area contributed by atoms with Crippen molar-refractivity contribution in [2.45, 2.75) is 26.2 Å². The zero-order valence-electron chi connectivity index (χ0n) is 10.4.